The quantitative estimate of drug-likeness (QED) is 0.127. The molecule has 0 aliphatic carbocycles. The summed E-state index contributed by atoms with van der Waals surface area (Å²) in [5.41, 5.74) is 3.72. The average Bonchev–Trinajstić information content (AvgIpc) is 3.00. The normalized spacial score (nSPS) is 13.8. The molecule has 0 amide bonds. The summed E-state index contributed by atoms with van der Waals surface area (Å²) in [5.74, 6) is -31.3. The van der Waals surface area contributed by atoms with Crippen molar-refractivity contribution in [3.63, 3.8) is 0 Å². The van der Waals surface area contributed by atoms with E-state index in [1.807, 2.05) is 0 Å². The second-order valence-electron chi connectivity index (χ2n) is 11.3. The van der Waals surface area contributed by atoms with Crippen molar-refractivity contribution in [2.45, 2.75) is 54.3 Å². The van der Waals surface area contributed by atoms with Crippen molar-refractivity contribution in [3.8, 4) is 0 Å². The Morgan fingerprint density at radius 1 is 0.327 bits per heavy atom. The Hall–Kier alpha value is -4.50. The van der Waals surface area contributed by atoms with E-state index in [1.54, 1.807) is 0 Å². The highest BCUT2D eigenvalue weighted by Gasteiger charge is 2.92. The molecule has 0 spiro atoms. The van der Waals surface area contributed by atoms with Gasteiger partial charge < -0.3 is 11.5 Å². The predicted octanol–water partition coefficient (Wildman–Crippen LogP) is 9.98. The van der Waals surface area contributed by atoms with E-state index in [0.717, 1.165) is 24.3 Å². The zero-order valence-corrected chi connectivity index (χ0v) is 24.6. The minimum atomic E-state index is -8.08. The van der Waals surface area contributed by atoms with Crippen LogP contribution < -0.4 is 11.5 Å². The molecule has 0 saturated heterocycles. The molecule has 0 unspecified atom stereocenters. The minimum Gasteiger partial charge on any atom is -0.399 e. The van der Waals surface area contributed by atoms with E-state index in [0.29, 0.717) is 22.5 Å². The van der Waals surface area contributed by atoms with E-state index in [9.17, 15) is 30.7 Å². The van der Waals surface area contributed by atoms with Gasteiger partial charge in [-0.15, -0.1) is 0 Å². The molecule has 4 N–H and O–H groups in total. The summed E-state index contributed by atoms with van der Waals surface area (Å²) in [7, 11) is 0. The highest BCUT2D eigenvalue weighted by molar-refractivity contribution is 5.49. The third kappa shape index (κ3) is 6.25. The number of halogens is 14. The Balaban J connectivity index is 1.95. The molecule has 49 heavy (non-hydrogen) atoms. The maximum atomic E-state index is 16.1. The van der Waals surface area contributed by atoms with Crippen LogP contribution in [-0.4, -0.2) is 36.0 Å². The number of hydrogen-bond donors (Lipinski definition) is 2. The average molecular weight is 715 g/mol. The zero-order valence-electron chi connectivity index (χ0n) is 24.6. The van der Waals surface area contributed by atoms with E-state index in [2.05, 4.69) is 0 Å². The van der Waals surface area contributed by atoms with Gasteiger partial charge in [0.1, 0.15) is 0 Å². The van der Waals surface area contributed by atoms with Crippen molar-refractivity contribution >= 4 is 11.4 Å². The first kappa shape index (κ1) is 37.3. The van der Waals surface area contributed by atoms with Gasteiger partial charge in [0.15, 0.2) is 5.41 Å². The van der Waals surface area contributed by atoms with Crippen molar-refractivity contribution in [1.29, 1.82) is 0 Å². The maximum Gasteiger partial charge on any atom is 0.460 e. The van der Waals surface area contributed by atoms with E-state index >= 15 is 30.7 Å². The van der Waals surface area contributed by atoms with Crippen LogP contribution in [0.2, 0.25) is 0 Å². The predicted molar refractivity (Wildman–Crippen MR) is 153 cm³/mol. The molecule has 0 saturated carbocycles. The van der Waals surface area contributed by atoms with Crippen LogP contribution in [-0.2, 0) is 18.3 Å². The van der Waals surface area contributed by atoms with Crippen LogP contribution in [0.15, 0.2) is 97.1 Å². The number of anilines is 2. The molecule has 0 aromatic heterocycles. The summed E-state index contributed by atoms with van der Waals surface area (Å²) in [6, 6.07) is 15.8. The molecule has 0 fully saturated rings. The van der Waals surface area contributed by atoms with E-state index < -0.39 is 52.6 Å². The van der Waals surface area contributed by atoms with Crippen LogP contribution in [0.25, 0.3) is 0 Å². The minimum absolute atomic E-state index is 0.0815. The Morgan fingerprint density at radius 3 is 0.857 bits per heavy atom. The van der Waals surface area contributed by atoms with Crippen LogP contribution in [0, 0.1) is 0 Å². The molecule has 16 heteroatoms. The first-order chi connectivity index (χ1) is 22.4. The Kier molecular flexibility index (Phi) is 9.47. The van der Waals surface area contributed by atoms with Crippen molar-refractivity contribution in [1.82, 2.24) is 0 Å². The molecule has 4 aromatic carbocycles. The molecular weight excluding hydrogens is 690 g/mol. The summed E-state index contributed by atoms with van der Waals surface area (Å²) in [4.78, 5) is 0. The second-order valence-corrected chi connectivity index (χ2v) is 11.3. The fraction of sp³-hybridized carbons (Fsp3) is 0.273. The SMILES string of the molecule is Nc1ccc(Cc2ccc(C(c3ccc(Cc4ccc(N)cc4)cc3)(C(F)(F)F)C(F)(F)C(F)(F)C(F)(F)C(F)(F)C(F)(F)F)cc2)cc1. The third-order valence-electron chi connectivity index (χ3n) is 7.99. The lowest BCUT2D eigenvalue weighted by molar-refractivity contribution is -0.435. The molecule has 4 rings (SSSR count). The van der Waals surface area contributed by atoms with E-state index in [1.165, 1.54) is 48.5 Å². The fourth-order valence-corrected chi connectivity index (χ4v) is 5.33. The topological polar surface area (TPSA) is 52.0 Å². The second kappa shape index (κ2) is 12.4. The van der Waals surface area contributed by atoms with Crippen molar-refractivity contribution < 1.29 is 61.5 Å². The van der Waals surface area contributed by atoms with Gasteiger partial charge in [-0.1, -0.05) is 72.8 Å². The van der Waals surface area contributed by atoms with Gasteiger partial charge >= 0.3 is 36.0 Å². The number of rotatable bonds is 10. The number of benzene rings is 4. The molecule has 0 atom stereocenters. The van der Waals surface area contributed by atoms with Crippen molar-refractivity contribution in [3.05, 3.63) is 130 Å². The molecule has 0 aliphatic rings. The maximum absolute atomic E-state index is 16.1. The lowest BCUT2D eigenvalue weighted by Crippen LogP contribution is -2.73. The van der Waals surface area contributed by atoms with Crippen molar-refractivity contribution in [2.75, 3.05) is 11.5 Å². The molecule has 0 radical (unpaired) electrons. The molecule has 0 aliphatic heterocycles. The lowest BCUT2D eigenvalue weighted by Gasteiger charge is -2.47. The van der Waals surface area contributed by atoms with Crippen molar-refractivity contribution in [2.24, 2.45) is 0 Å². The molecule has 0 heterocycles. The number of nitrogen functional groups attached to an aromatic ring is 2. The van der Waals surface area contributed by atoms with Gasteiger partial charge in [-0.2, -0.15) is 61.5 Å². The van der Waals surface area contributed by atoms with Gasteiger partial charge in [-0.3, -0.25) is 0 Å². The Labute approximate surface area is 269 Å². The fourth-order valence-electron chi connectivity index (χ4n) is 5.33. The van der Waals surface area contributed by atoms with Gasteiger partial charge in [0, 0.05) is 11.4 Å². The first-order valence-electron chi connectivity index (χ1n) is 13.9. The highest BCUT2D eigenvalue weighted by atomic mass is 19.4. The molecule has 2 nitrogen and oxygen atoms in total. The van der Waals surface area contributed by atoms with Crippen LogP contribution >= 0.6 is 0 Å². The Morgan fingerprint density at radius 2 is 0.592 bits per heavy atom. The molecule has 0 bridgehead atoms. The molecule has 264 valence electrons. The third-order valence-corrected chi connectivity index (χ3v) is 7.99. The van der Waals surface area contributed by atoms with E-state index in [-0.39, 0.29) is 48.2 Å². The monoisotopic (exact) mass is 714 g/mol. The molecular formula is C33H24F14N2. The number of nitrogens with two attached hydrogens (primary N) is 2. The first-order valence-corrected chi connectivity index (χ1v) is 13.9. The zero-order chi connectivity index (χ0) is 36.8. The summed E-state index contributed by atoms with van der Waals surface area (Å²) in [6.07, 6.45) is -14.4. The van der Waals surface area contributed by atoms with Gasteiger partial charge in [0.2, 0.25) is 0 Å². The smallest absolute Gasteiger partial charge is 0.399 e. The standard InChI is InChI=1S/C33H24F14N2/c34-28(35,29(36,37)30(38,39)31(40,41)33(45,46)47)27(32(42,43)44,23-9-1-19(2-10-23)17-21-5-13-25(48)14-6-21)24-11-3-20(4-12-24)18-22-7-15-26(49)16-8-22/h1-16H,17-18,48-49H2. The van der Waals surface area contributed by atoms with Crippen LogP contribution in [0.5, 0.6) is 0 Å². The van der Waals surface area contributed by atoms with Gasteiger partial charge in [-0.05, 0) is 70.5 Å². The lowest BCUT2D eigenvalue weighted by atomic mass is 9.65. The summed E-state index contributed by atoms with van der Waals surface area (Å²) < 4.78 is 203. The largest absolute Gasteiger partial charge is 0.460 e. The van der Waals surface area contributed by atoms with Crippen LogP contribution in [0.3, 0.4) is 0 Å². The summed E-state index contributed by atoms with van der Waals surface area (Å²) in [5, 5.41) is 0. The van der Waals surface area contributed by atoms with Crippen LogP contribution in [0.4, 0.5) is 72.8 Å². The van der Waals surface area contributed by atoms with Crippen LogP contribution in [0.1, 0.15) is 33.4 Å². The number of hydrogen-bond acceptors (Lipinski definition) is 2. The Bertz CT molecular complexity index is 1630. The molecule has 4 aromatic rings. The summed E-state index contributed by atoms with van der Waals surface area (Å²) in [6.45, 7) is 0. The van der Waals surface area contributed by atoms with Gasteiger partial charge in [0.05, 0.1) is 0 Å². The highest BCUT2D eigenvalue weighted by Crippen LogP contribution is 2.66. The number of alkyl halides is 14. The van der Waals surface area contributed by atoms with Gasteiger partial charge in [0.25, 0.3) is 0 Å². The van der Waals surface area contributed by atoms with E-state index in [4.69, 9.17) is 11.5 Å². The summed E-state index contributed by atoms with van der Waals surface area (Å²) >= 11 is 0. The van der Waals surface area contributed by atoms with Gasteiger partial charge in [-0.25, -0.2) is 0 Å².